The van der Waals surface area contributed by atoms with E-state index in [9.17, 15) is 0 Å². The molecule has 108 valence electrons. The Hall–Kier alpha value is -1.22. The van der Waals surface area contributed by atoms with Crippen molar-refractivity contribution in [1.82, 2.24) is 5.32 Å². The molecule has 1 atom stereocenters. The van der Waals surface area contributed by atoms with Crippen LogP contribution < -0.4 is 14.8 Å². The second-order valence-electron chi connectivity index (χ2n) is 5.81. The van der Waals surface area contributed by atoms with Gasteiger partial charge in [0, 0.05) is 6.04 Å². The summed E-state index contributed by atoms with van der Waals surface area (Å²) in [4.78, 5) is 0. The molecule has 1 aromatic rings. The van der Waals surface area contributed by atoms with Crippen molar-refractivity contribution in [2.75, 3.05) is 20.3 Å². The van der Waals surface area contributed by atoms with E-state index in [0.717, 1.165) is 24.5 Å². The van der Waals surface area contributed by atoms with Crippen LogP contribution >= 0.6 is 0 Å². The molecule has 1 rings (SSSR count). The quantitative estimate of drug-likeness (QED) is 0.818. The summed E-state index contributed by atoms with van der Waals surface area (Å²) in [5.41, 5.74) is 0.161. The lowest BCUT2D eigenvalue weighted by atomic mass is 9.87. The second kappa shape index (κ2) is 7.39. The molecule has 0 aromatic heterocycles. The summed E-state index contributed by atoms with van der Waals surface area (Å²) in [6.45, 7) is 10.1. The third kappa shape index (κ3) is 5.11. The minimum Gasteiger partial charge on any atom is -0.490 e. The van der Waals surface area contributed by atoms with Gasteiger partial charge in [0.1, 0.15) is 6.61 Å². The highest BCUT2D eigenvalue weighted by atomic mass is 16.5. The molecule has 0 saturated heterocycles. The molecule has 0 fully saturated rings. The Morgan fingerprint density at radius 2 is 1.68 bits per heavy atom. The van der Waals surface area contributed by atoms with Crippen LogP contribution in [-0.2, 0) is 0 Å². The molecule has 3 nitrogen and oxygen atoms in total. The van der Waals surface area contributed by atoms with Crippen molar-refractivity contribution in [1.29, 1.82) is 0 Å². The number of likely N-dealkylation sites (N-methyl/N-ethyl adjacent to an activating group) is 1. The molecule has 0 radical (unpaired) electrons. The molecular weight excluding hydrogens is 238 g/mol. The molecule has 0 spiro atoms. The van der Waals surface area contributed by atoms with Crippen LogP contribution in [0.5, 0.6) is 11.5 Å². The number of benzene rings is 1. The maximum Gasteiger partial charge on any atom is 0.161 e. The van der Waals surface area contributed by atoms with Gasteiger partial charge in [0.2, 0.25) is 0 Å². The third-order valence-electron chi connectivity index (χ3n) is 3.11. The molecule has 19 heavy (non-hydrogen) atoms. The van der Waals surface area contributed by atoms with Gasteiger partial charge in [-0.3, -0.25) is 0 Å². The van der Waals surface area contributed by atoms with Gasteiger partial charge in [0.25, 0.3) is 0 Å². The standard InChI is InChI=1S/C16H27NO2/c1-6-11-18-13-9-7-8-10-14(13)19-12-15(17-5)16(2,3)4/h7-10,15,17H,6,11-12H2,1-5H3. The lowest BCUT2D eigenvalue weighted by Gasteiger charge is -2.30. The van der Waals surface area contributed by atoms with Gasteiger partial charge in [-0.25, -0.2) is 0 Å². The molecule has 0 aliphatic carbocycles. The Kier molecular flexibility index (Phi) is 6.16. The molecular formula is C16H27NO2. The summed E-state index contributed by atoms with van der Waals surface area (Å²) >= 11 is 0. The third-order valence-corrected chi connectivity index (χ3v) is 3.11. The van der Waals surface area contributed by atoms with Crippen molar-refractivity contribution in [2.24, 2.45) is 5.41 Å². The predicted octanol–water partition coefficient (Wildman–Crippen LogP) is 3.49. The Bertz CT molecular complexity index is 371. The van der Waals surface area contributed by atoms with Gasteiger partial charge in [0.15, 0.2) is 11.5 Å². The fourth-order valence-corrected chi connectivity index (χ4v) is 1.84. The normalized spacial score (nSPS) is 13.1. The maximum atomic E-state index is 5.93. The number of rotatable bonds is 7. The molecule has 0 saturated carbocycles. The summed E-state index contributed by atoms with van der Waals surface area (Å²) in [5, 5.41) is 3.31. The first-order chi connectivity index (χ1) is 8.99. The molecule has 0 aliphatic rings. The average Bonchev–Trinajstić information content (AvgIpc) is 2.36. The number of nitrogens with one attached hydrogen (secondary N) is 1. The smallest absolute Gasteiger partial charge is 0.161 e. The number of ether oxygens (including phenoxy) is 2. The summed E-state index contributed by atoms with van der Waals surface area (Å²) in [7, 11) is 1.97. The van der Waals surface area contributed by atoms with Crippen LogP contribution in [0.3, 0.4) is 0 Å². The summed E-state index contributed by atoms with van der Waals surface area (Å²) in [5.74, 6) is 1.65. The van der Waals surface area contributed by atoms with Gasteiger partial charge in [-0.2, -0.15) is 0 Å². The van der Waals surface area contributed by atoms with Crippen molar-refractivity contribution < 1.29 is 9.47 Å². The van der Waals surface area contributed by atoms with Crippen molar-refractivity contribution >= 4 is 0 Å². The SMILES string of the molecule is CCCOc1ccccc1OCC(NC)C(C)(C)C. The second-order valence-corrected chi connectivity index (χ2v) is 5.81. The Balaban J connectivity index is 2.66. The fraction of sp³-hybridized carbons (Fsp3) is 0.625. The highest BCUT2D eigenvalue weighted by molar-refractivity contribution is 5.39. The van der Waals surface area contributed by atoms with E-state index in [4.69, 9.17) is 9.47 Å². The van der Waals surface area contributed by atoms with E-state index in [0.29, 0.717) is 12.6 Å². The van der Waals surface area contributed by atoms with Gasteiger partial charge in [-0.15, -0.1) is 0 Å². The number of para-hydroxylation sites is 2. The first-order valence-corrected chi connectivity index (χ1v) is 7.01. The van der Waals surface area contributed by atoms with Crippen LogP contribution in [-0.4, -0.2) is 26.3 Å². The summed E-state index contributed by atoms with van der Waals surface area (Å²) in [6, 6.07) is 8.15. The van der Waals surface area contributed by atoms with Gasteiger partial charge in [-0.05, 0) is 31.0 Å². The first kappa shape index (κ1) is 15.8. The molecule has 1 aromatic carbocycles. The fourth-order valence-electron chi connectivity index (χ4n) is 1.84. The summed E-state index contributed by atoms with van der Waals surface area (Å²) < 4.78 is 11.6. The lowest BCUT2D eigenvalue weighted by Crippen LogP contribution is -2.42. The van der Waals surface area contributed by atoms with Crippen molar-refractivity contribution in [3.63, 3.8) is 0 Å². The van der Waals surface area contributed by atoms with Crippen LogP contribution in [0.15, 0.2) is 24.3 Å². The lowest BCUT2D eigenvalue weighted by molar-refractivity contribution is 0.175. The molecule has 0 bridgehead atoms. The van der Waals surface area contributed by atoms with Gasteiger partial charge < -0.3 is 14.8 Å². The van der Waals surface area contributed by atoms with E-state index in [1.807, 2.05) is 31.3 Å². The largest absolute Gasteiger partial charge is 0.490 e. The zero-order valence-corrected chi connectivity index (χ0v) is 12.8. The van der Waals surface area contributed by atoms with E-state index < -0.39 is 0 Å². The zero-order valence-electron chi connectivity index (χ0n) is 12.8. The highest BCUT2D eigenvalue weighted by Crippen LogP contribution is 2.28. The van der Waals surface area contributed by atoms with Crippen LogP contribution in [0.1, 0.15) is 34.1 Å². The molecule has 3 heteroatoms. The van der Waals surface area contributed by atoms with E-state index in [1.54, 1.807) is 0 Å². The van der Waals surface area contributed by atoms with Gasteiger partial charge >= 0.3 is 0 Å². The number of hydrogen-bond donors (Lipinski definition) is 1. The molecule has 0 aliphatic heterocycles. The van der Waals surface area contributed by atoms with E-state index in [1.165, 1.54) is 0 Å². The van der Waals surface area contributed by atoms with Gasteiger partial charge in [0.05, 0.1) is 6.61 Å². The Labute approximate surface area is 117 Å². The van der Waals surface area contributed by atoms with Gasteiger partial charge in [-0.1, -0.05) is 39.8 Å². The minimum atomic E-state index is 0.161. The first-order valence-electron chi connectivity index (χ1n) is 7.01. The Morgan fingerprint density at radius 1 is 1.11 bits per heavy atom. The summed E-state index contributed by atoms with van der Waals surface area (Å²) in [6.07, 6.45) is 0.996. The van der Waals surface area contributed by atoms with Crippen LogP contribution in [0.2, 0.25) is 0 Å². The molecule has 0 heterocycles. The number of hydrogen-bond acceptors (Lipinski definition) is 3. The molecule has 1 unspecified atom stereocenters. The zero-order chi connectivity index (χ0) is 14.3. The van der Waals surface area contributed by atoms with Crippen molar-refractivity contribution in [3.05, 3.63) is 24.3 Å². The van der Waals surface area contributed by atoms with E-state index in [-0.39, 0.29) is 5.41 Å². The average molecular weight is 265 g/mol. The van der Waals surface area contributed by atoms with Crippen LogP contribution in [0.4, 0.5) is 0 Å². The Morgan fingerprint density at radius 3 is 2.16 bits per heavy atom. The van der Waals surface area contributed by atoms with E-state index in [2.05, 4.69) is 33.0 Å². The monoisotopic (exact) mass is 265 g/mol. The topological polar surface area (TPSA) is 30.5 Å². The van der Waals surface area contributed by atoms with Crippen molar-refractivity contribution in [3.8, 4) is 11.5 Å². The van der Waals surface area contributed by atoms with Crippen molar-refractivity contribution in [2.45, 2.75) is 40.2 Å². The highest BCUT2D eigenvalue weighted by Gasteiger charge is 2.23. The van der Waals surface area contributed by atoms with Crippen LogP contribution in [0.25, 0.3) is 0 Å². The predicted molar refractivity (Wildman–Crippen MR) is 80.0 cm³/mol. The van der Waals surface area contributed by atoms with E-state index >= 15 is 0 Å². The molecule has 0 amide bonds. The maximum absolute atomic E-state index is 5.93. The molecule has 1 N–H and O–H groups in total. The van der Waals surface area contributed by atoms with Crippen LogP contribution in [0, 0.1) is 5.41 Å². The minimum absolute atomic E-state index is 0.161.